The summed E-state index contributed by atoms with van der Waals surface area (Å²) in [6.07, 6.45) is 0.549. The number of carbonyl (C=O) groups is 1. The SMILES string of the molecule is Cc1cccc(NC(=O)N2Cc3c(-c4ccccc4)n[nH]c3CC2CO)c1. The Morgan fingerprint density at radius 2 is 2.07 bits per heavy atom. The van der Waals surface area contributed by atoms with Gasteiger partial charge >= 0.3 is 6.03 Å². The number of H-pyrrole nitrogens is 1. The maximum Gasteiger partial charge on any atom is 0.322 e. The van der Waals surface area contributed by atoms with Crippen LogP contribution in [0.5, 0.6) is 0 Å². The van der Waals surface area contributed by atoms with Gasteiger partial charge in [0.2, 0.25) is 0 Å². The number of aryl methyl sites for hydroxylation is 1. The van der Waals surface area contributed by atoms with Gasteiger partial charge in [-0.3, -0.25) is 5.10 Å². The lowest BCUT2D eigenvalue weighted by molar-refractivity contribution is 0.129. The number of carbonyl (C=O) groups excluding carboxylic acids is 1. The molecule has 1 aliphatic heterocycles. The average Bonchev–Trinajstić information content (AvgIpc) is 3.10. The van der Waals surface area contributed by atoms with Crippen molar-refractivity contribution >= 4 is 11.7 Å². The van der Waals surface area contributed by atoms with Crippen molar-refractivity contribution in [3.63, 3.8) is 0 Å². The molecule has 1 aromatic heterocycles. The molecule has 1 unspecified atom stereocenters. The van der Waals surface area contributed by atoms with Crippen molar-refractivity contribution in [2.45, 2.75) is 25.9 Å². The molecule has 2 amide bonds. The number of rotatable bonds is 3. The van der Waals surface area contributed by atoms with E-state index in [1.807, 2.05) is 61.5 Å². The molecule has 4 rings (SSSR count). The summed E-state index contributed by atoms with van der Waals surface area (Å²) in [5, 5.41) is 20.3. The van der Waals surface area contributed by atoms with E-state index in [1.54, 1.807) is 4.90 Å². The number of hydrogen-bond donors (Lipinski definition) is 3. The number of aromatic nitrogens is 2. The van der Waals surface area contributed by atoms with Crippen molar-refractivity contribution < 1.29 is 9.90 Å². The molecule has 0 fully saturated rings. The first-order valence-electron chi connectivity index (χ1n) is 9.02. The van der Waals surface area contributed by atoms with Crippen LogP contribution in [0.1, 0.15) is 16.8 Å². The fraction of sp³-hybridized carbons (Fsp3) is 0.238. The highest BCUT2D eigenvalue weighted by molar-refractivity contribution is 5.90. The zero-order valence-corrected chi connectivity index (χ0v) is 15.1. The first-order valence-corrected chi connectivity index (χ1v) is 9.02. The Hall–Kier alpha value is -3.12. The molecule has 3 aromatic rings. The van der Waals surface area contributed by atoms with E-state index in [-0.39, 0.29) is 18.7 Å². The Kier molecular flexibility index (Phi) is 4.64. The lowest BCUT2D eigenvalue weighted by Crippen LogP contribution is -2.48. The number of nitrogens with one attached hydrogen (secondary N) is 2. The van der Waals surface area contributed by atoms with Gasteiger partial charge in [0.1, 0.15) is 0 Å². The minimum atomic E-state index is -0.286. The Bertz CT molecular complexity index is 952. The maximum atomic E-state index is 12.9. The molecule has 0 bridgehead atoms. The summed E-state index contributed by atoms with van der Waals surface area (Å²) in [4.78, 5) is 14.6. The molecule has 2 heterocycles. The van der Waals surface area contributed by atoms with E-state index in [1.165, 1.54) is 0 Å². The first kappa shape index (κ1) is 17.3. The summed E-state index contributed by atoms with van der Waals surface area (Å²) in [5.74, 6) is 0. The third kappa shape index (κ3) is 3.44. The van der Waals surface area contributed by atoms with Crippen molar-refractivity contribution in [1.82, 2.24) is 15.1 Å². The molecule has 0 saturated carbocycles. The van der Waals surface area contributed by atoms with Crippen molar-refractivity contribution in [1.29, 1.82) is 0 Å². The number of aromatic amines is 1. The molecule has 0 spiro atoms. The fourth-order valence-electron chi connectivity index (χ4n) is 3.54. The Labute approximate surface area is 157 Å². The molecule has 27 heavy (non-hydrogen) atoms. The van der Waals surface area contributed by atoms with E-state index in [2.05, 4.69) is 15.5 Å². The van der Waals surface area contributed by atoms with E-state index in [4.69, 9.17) is 0 Å². The maximum absolute atomic E-state index is 12.9. The smallest absolute Gasteiger partial charge is 0.322 e. The van der Waals surface area contributed by atoms with Gasteiger partial charge in [0.15, 0.2) is 0 Å². The van der Waals surface area contributed by atoms with Crippen LogP contribution in [0, 0.1) is 6.92 Å². The Morgan fingerprint density at radius 3 is 2.81 bits per heavy atom. The van der Waals surface area contributed by atoms with Crippen molar-refractivity contribution in [2.24, 2.45) is 0 Å². The lowest BCUT2D eigenvalue weighted by Gasteiger charge is -2.34. The zero-order valence-electron chi connectivity index (χ0n) is 15.1. The summed E-state index contributed by atoms with van der Waals surface area (Å²) in [7, 11) is 0. The van der Waals surface area contributed by atoms with Gasteiger partial charge in [0.25, 0.3) is 0 Å². The van der Waals surface area contributed by atoms with Crippen LogP contribution in [-0.2, 0) is 13.0 Å². The predicted molar refractivity (Wildman–Crippen MR) is 104 cm³/mol. The number of aliphatic hydroxyl groups is 1. The van der Waals surface area contributed by atoms with Gasteiger partial charge in [-0.15, -0.1) is 0 Å². The highest BCUT2D eigenvalue weighted by atomic mass is 16.3. The van der Waals surface area contributed by atoms with Gasteiger partial charge in [-0.1, -0.05) is 42.5 Å². The van der Waals surface area contributed by atoms with Crippen LogP contribution in [0.2, 0.25) is 0 Å². The summed E-state index contributed by atoms with van der Waals surface area (Å²) >= 11 is 0. The zero-order chi connectivity index (χ0) is 18.8. The van der Waals surface area contributed by atoms with Gasteiger partial charge in [-0.2, -0.15) is 5.10 Å². The second-order valence-electron chi connectivity index (χ2n) is 6.86. The molecule has 0 saturated heterocycles. The van der Waals surface area contributed by atoms with Crippen LogP contribution < -0.4 is 5.32 Å². The monoisotopic (exact) mass is 362 g/mol. The van der Waals surface area contributed by atoms with Crippen LogP contribution in [-0.4, -0.2) is 38.9 Å². The van der Waals surface area contributed by atoms with E-state index < -0.39 is 0 Å². The minimum absolute atomic E-state index is 0.0969. The van der Waals surface area contributed by atoms with E-state index in [0.29, 0.717) is 13.0 Å². The van der Waals surface area contributed by atoms with Gasteiger partial charge in [0.05, 0.1) is 24.9 Å². The van der Waals surface area contributed by atoms with Crippen LogP contribution in [0.25, 0.3) is 11.3 Å². The van der Waals surface area contributed by atoms with Gasteiger partial charge in [-0.05, 0) is 24.6 Å². The fourth-order valence-corrected chi connectivity index (χ4v) is 3.54. The molecule has 138 valence electrons. The summed E-state index contributed by atoms with van der Waals surface area (Å²) in [5.41, 5.74) is 5.68. The van der Waals surface area contributed by atoms with Gasteiger partial charge < -0.3 is 15.3 Å². The summed E-state index contributed by atoms with van der Waals surface area (Å²) in [6, 6.07) is 17.1. The highest BCUT2D eigenvalue weighted by Crippen LogP contribution is 2.30. The van der Waals surface area contributed by atoms with E-state index in [9.17, 15) is 9.90 Å². The average molecular weight is 362 g/mol. The van der Waals surface area contributed by atoms with Crippen molar-refractivity contribution in [3.8, 4) is 11.3 Å². The molecule has 1 aliphatic rings. The number of nitrogens with zero attached hydrogens (tertiary/aromatic N) is 2. The number of anilines is 1. The topological polar surface area (TPSA) is 81.2 Å². The second-order valence-corrected chi connectivity index (χ2v) is 6.86. The number of urea groups is 1. The molecule has 6 nitrogen and oxygen atoms in total. The van der Waals surface area contributed by atoms with E-state index in [0.717, 1.165) is 33.8 Å². The third-order valence-electron chi connectivity index (χ3n) is 4.95. The highest BCUT2D eigenvalue weighted by Gasteiger charge is 2.32. The standard InChI is InChI=1S/C21H22N4O2/c1-14-6-5-9-16(10-14)22-21(27)25-12-18-19(11-17(25)13-26)23-24-20(18)15-7-3-2-4-8-15/h2-10,17,26H,11-13H2,1H3,(H,22,27)(H,23,24). The third-order valence-corrected chi connectivity index (χ3v) is 4.95. The van der Waals surface area contributed by atoms with Crippen LogP contribution >= 0.6 is 0 Å². The van der Waals surface area contributed by atoms with Crippen molar-refractivity contribution in [3.05, 3.63) is 71.4 Å². The second kappa shape index (κ2) is 7.25. The lowest BCUT2D eigenvalue weighted by atomic mass is 9.97. The summed E-state index contributed by atoms with van der Waals surface area (Å²) < 4.78 is 0. The van der Waals surface area contributed by atoms with Gasteiger partial charge in [-0.25, -0.2) is 4.79 Å². The number of amides is 2. The molecular weight excluding hydrogens is 340 g/mol. The molecular formula is C21H22N4O2. The van der Waals surface area contributed by atoms with E-state index >= 15 is 0 Å². The first-order chi connectivity index (χ1) is 13.2. The number of hydrogen-bond acceptors (Lipinski definition) is 3. The van der Waals surface area contributed by atoms with Gasteiger partial charge in [0, 0.05) is 28.9 Å². The number of fused-ring (bicyclic) bond motifs is 1. The van der Waals surface area contributed by atoms with Crippen LogP contribution in [0.3, 0.4) is 0 Å². The molecule has 0 aliphatic carbocycles. The predicted octanol–water partition coefficient (Wildman–Crippen LogP) is 3.34. The van der Waals surface area contributed by atoms with Crippen molar-refractivity contribution in [2.75, 3.05) is 11.9 Å². The van der Waals surface area contributed by atoms with Crippen LogP contribution in [0.4, 0.5) is 10.5 Å². The molecule has 6 heteroatoms. The quantitative estimate of drug-likeness (QED) is 0.668. The number of aliphatic hydroxyl groups excluding tert-OH is 1. The Balaban J connectivity index is 1.61. The number of benzene rings is 2. The summed E-state index contributed by atoms with van der Waals surface area (Å²) in [6.45, 7) is 2.29. The molecule has 1 atom stereocenters. The minimum Gasteiger partial charge on any atom is -0.394 e. The molecule has 3 N–H and O–H groups in total. The molecule has 0 radical (unpaired) electrons. The Morgan fingerprint density at radius 1 is 1.26 bits per heavy atom. The molecule has 2 aromatic carbocycles. The van der Waals surface area contributed by atoms with Crippen LogP contribution in [0.15, 0.2) is 54.6 Å². The normalized spacial score (nSPS) is 16.1. The largest absolute Gasteiger partial charge is 0.394 e.